The molecule has 108 valence electrons. The molecule has 0 N–H and O–H groups in total. The predicted molar refractivity (Wildman–Crippen MR) is 85.7 cm³/mol. The number of hydrogen-bond donors (Lipinski definition) is 0. The fraction of sp³-hybridized carbons (Fsp3) is 0.588. The summed E-state index contributed by atoms with van der Waals surface area (Å²) in [6.07, 6.45) is 4.88. The zero-order valence-corrected chi connectivity index (χ0v) is 13.1. The van der Waals surface area contributed by atoms with Gasteiger partial charge >= 0.3 is 0 Å². The van der Waals surface area contributed by atoms with E-state index in [1.807, 2.05) is 0 Å². The quantitative estimate of drug-likeness (QED) is 0.828. The number of anilines is 1. The number of pyridine rings is 1. The third kappa shape index (κ3) is 2.19. The number of hydrogen-bond acceptors (Lipinski definition) is 2. The second-order valence-electron chi connectivity index (χ2n) is 6.47. The molecule has 0 bridgehead atoms. The lowest BCUT2D eigenvalue weighted by molar-refractivity contribution is 0.614. The molecule has 3 heteroatoms. The lowest BCUT2D eigenvalue weighted by atomic mass is 10.0. The molecule has 0 saturated carbocycles. The molecule has 3 nitrogen and oxygen atoms in total. The van der Waals surface area contributed by atoms with E-state index in [1.54, 1.807) is 0 Å². The van der Waals surface area contributed by atoms with Crippen LogP contribution in [0.15, 0.2) is 18.3 Å². The first-order chi connectivity index (χ1) is 9.58. The third-order valence-corrected chi connectivity index (χ3v) is 4.30. The molecular formula is C17H25N3. The zero-order chi connectivity index (χ0) is 14.3. The maximum absolute atomic E-state index is 4.97. The van der Waals surface area contributed by atoms with E-state index in [0.717, 1.165) is 24.6 Å². The second kappa shape index (κ2) is 5.12. The van der Waals surface area contributed by atoms with Crippen LogP contribution >= 0.6 is 0 Å². The minimum Gasteiger partial charge on any atom is -0.357 e. The van der Waals surface area contributed by atoms with E-state index in [1.165, 1.54) is 23.8 Å². The average molecular weight is 271 g/mol. The molecule has 0 aromatic carbocycles. The summed E-state index contributed by atoms with van der Waals surface area (Å²) in [5.41, 5.74) is 2.56. The molecule has 2 aromatic rings. The molecular weight excluding hydrogens is 246 g/mol. The van der Waals surface area contributed by atoms with Crippen LogP contribution in [0.25, 0.3) is 11.0 Å². The molecule has 0 unspecified atom stereocenters. The van der Waals surface area contributed by atoms with Crippen molar-refractivity contribution >= 4 is 16.9 Å². The van der Waals surface area contributed by atoms with Gasteiger partial charge in [0.1, 0.15) is 11.5 Å². The van der Waals surface area contributed by atoms with Crippen LogP contribution in [-0.4, -0.2) is 22.6 Å². The van der Waals surface area contributed by atoms with Gasteiger partial charge in [-0.3, -0.25) is 0 Å². The van der Waals surface area contributed by atoms with E-state index in [2.05, 4.69) is 55.5 Å². The van der Waals surface area contributed by atoms with Crippen molar-refractivity contribution in [3.8, 4) is 0 Å². The molecule has 20 heavy (non-hydrogen) atoms. The molecule has 0 spiro atoms. The minimum atomic E-state index is 0.450. The summed E-state index contributed by atoms with van der Waals surface area (Å²) in [5, 5.41) is 1.32. The first-order valence-electron chi connectivity index (χ1n) is 7.84. The van der Waals surface area contributed by atoms with Gasteiger partial charge in [0.25, 0.3) is 0 Å². The smallest absolute Gasteiger partial charge is 0.142 e. The van der Waals surface area contributed by atoms with Crippen LogP contribution in [0.1, 0.15) is 58.1 Å². The van der Waals surface area contributed by atoms with E-state index in [4.69, 9.17) is 4.98 Å². The van der Waals surface area contributed by atoms with Crippen LogP contribution in [0.4, 0.5) is 5.82 Å². The second-order valence-corrected chi connectivity index (χ2v) is 6.47. The van der Waals surface area contributed by atoms with Gasteiger partial charge in [-0.25, -0.2) is 4.98 Å². The van der Waals surface area contributed by atoms with Crippen LogP contribution in [0, 0.1) is 0 Å². The van der Waals surface area contributed by atoms with Crippen molar-refractivity contribution in [3.63, 3.8) is 0 Å². The Morgan fingerprint density at radius 3 is 2.35 bits per heavy atom. The molecule has 3 heterocycles. The normalized spacial score (nSPS) is 16.0. The summed E-state index contributed by atoms with van der Waals surface area (Å²) >= 11 is 0. The Bertz CT molecular complexity index is 604. The van der Waals surface area contributed by atoms with Crippen molar-refractivity contribution in [2.75, 3.05) is 18.0 Å². The van der Waals surface area contributed by atoms with E-state index in [-0.39, 0.29) is 0 Å². The standard InChI is InChI=1S/C17H25N3/c1-12(2)15-11-20(13(3)4)17-14(15)7-8-16(18-17)19-9-5-6-10-19/h7-8,11-13H,5-6,9-10H2,1-4H3. The predicted octanol–water partition coefficient (Wildman–Crippen LogP) is 4.34. The van der Waals surface area contributed by atoms with Gasteiger partial charge < -0.3 is 9.47 Å². The molecule has 2 aromatic heterocycles. The number of fused-ring (bicyclic) bond motifs is 1. The van der Waals surface area contributed by atoms with Gasteiger partial charge in [-0.1, -0.05) is 13.8 Å². The maximum Gasteiger partial charge on any atom is 0.142 e. The van der Waals surface area contributed by atoms with Crippen LogP contribution in [0.5, 0.6) is 0 Å². The Balaban J connectivity index is 2.13. The molecule has 1 fully saturated rings. The monoisotopic (exact) mass is 271 g/mol. The lowest BCUT2D eigenvalue weighted by Gasteiger charge is -2.17. The summed E-state index contributed by atoms with van der Waals surface area (Å²) in [6.45, 7) is 11.3. The fourth-order valence-electron chi connectivity index (χ4n) is 3.12. The van der Waals surface area contributed by atoms with Gasteiger partial charge in [0, 0.05) is 30.7 Å². The largest absolute Gasteiger partial charge is 0.357 e. The molecule has 1 aliphatic heterocycles. The Morgan fingerprint density at radius 2 is 1.75 bits per heavy atom. The number of nitrogens with zero attached hydrogens (tertiary/aromatic N) is 3. The molecule has 0 atom stereocenters. The molecule has 0 radical (unpaired) electrons. The van der Waals surface area contributed by atoms with E-state index >= 15 is 0 Å². The van der Waals surface area contributed by atoms with Crippen molar-refractivity contribution < 1.29 is 0 Å². The van der Waals surface area contributed by atoms with Crippen molar-refractivity contribution in [1.82, 2.24) is 9.55 Å². The third-order valence-electron chi connectivity index (χ3n) is 4.30. The van der Waals surface area contributed by atoms with Crippen molar-refractivity contribution in [2.45, 2.75) is 52.5 Å². The van der Waals surface area contributed by atoms with Gasteiger partial charge in [-0.05, 0) is 50.3 Å². The molecule has 1 aliphatic rings. The summed E-state index contributed by atoms with van der Waals surface area (Å²) in [6, 6.07) is 4.92. The summed E-state index contributed by atoms with van der Waals surface area (Å²) in [5.74, 6) is 1.68. The van der Waals surface area contributed by atoms with E-state index in [9.17, 15) is 0 Å². The van der Waals surface area contributed by atoms with E-state index < -0.39 is 0 Å². The summed E-state index contributed by atoms with van der Waals surface area (Å²) < 4.78 is 2.32. The van der Waals surface area contributed by atoms with Gasteiger partial charge in [0.15, 0.2) is 0 Å². The summed E-state index contributed by atoms with van der Waals surface area (Å²) in [7, 11) is 0. The average Bonchev–Trinajstić information content (AvgIpc) is 3.05. The van der Waals surface area contributed by atoms with Crippen LogP contribution in [-0.2, 0) is 0 Å². The highest BCUT2D eigenvalue weighted by Gasteiger charge is 2.18. The first kappa shape index (κ1) is 13.5. The fourth-order valence-corrected chi connectivity index (χ4v) is 3.12. The van der Waals surface area contributed by atoms with Crippen molar-refractivity contribution in [3.05, 3.63) is 23.9 Å². The van der Waals surface area contributed by atoms with E-state index in [0.29, 0.717) is 12.0 Å². The highest BCUT2D eigenvalue weighted by atomic mass is 15.2. The van der Waals surface area contributed by atoms with Gasteiger partial charge in [-0.2, -0.15) is 0 Å². The number of rotatable bonds is 3. The van der Waals surface area contributed by atoms with Gasteiger partial charge in [-0.15, -0.1) is 0 Å². The maximum atomic E-state index is 4.97. The Labute approximate surface area is 121 Å². The lowest BCUT2D eigenvalue weighted by Crippen LogP contribution is -2.19. The molecule has 0 amide bonds. The van der Waals surface area contributed by atoms with Gasteiger partial charge in [0.05, 0.1) is 0 Å². The molecule has 0 aliphatic carbocycles. The Morgan fingerprint density at radius 1 is 1.05 bits per heavy atom. The van der Waals surface area contributed by atoms with Gasteiger partial charge in [0.2, 0.25) is 0 Å². The van der Waals surface area contributed by atoms with Crippen molar-refractivity contribution in [1.29, 1.82) is 0 Å². The zero-order valence-electron chi connectivity index (χ0n) is 13.1. The topological polar surface area (TPSA) is 21.1 Å². The molecule has 3 rings (SSSR count). The van der Waals surface area contributed by atoms with Crippen molar-refractivity contribution in [2.24, 2.45) is 0 Å². The van der Waals surface area contributed by atoms with Crippen LogP contribution in [0.3, 0.4) is 0 Å². The highest BCUT2D eigenvalue weighted by molar-refractivity contribution is 5.83. The Hall–Kier alpha value is -1.51. The Kier molecular flexibility index (Phi) is 3.45. The highest BCUT2D eigenvalue weighted by Crippen LogP contribution is 2.31. The SMILES string of the molecule is CC(C)c1cn(C(C)C)c2nc(N3CCCC3)ccc12. The number of aromatic nitrogens is 2. The summed E-state index contributed by atoms with van der Waals surface area (Å²) in [4.78, 5) is 7.38. The van der Waals surface area contributed by atoms with Crippen LogP contribution in [0.2, 0.25) is 0 Å². The van der Waals surface area contributed by atoms with Crippen LogP contribution < -0.4 is 4.90 Å². The first-order valence-corrected chi connectivity index (χ1v) is 7.84. The minimum absolute atomic E-state index is 0.450. The molecule has 1 saturated heterocycles.